The van der Waals surface area contributed by atoms with Gasteiger partial charge in [0.05, 0.1) is 30.5 Å². The summed E-state index contributed by atoms with van der Waals surface area (Å²) in [5, 5.41) is 15.6. The lowest BCUT2D eigenvalue weighted by atomic mass is 10.2. The predicted molar refractivity (Wildman–Crippen MR) is 73.3 cm³/mol. The zero-order chi connectivity index (χ0) is 13.0. The van der Waals surface area contributed by atoms with E-state index in [1.165, 1.54) is 0 Å². The van der Waals surface area contributed by atoms with Crippen LogP contribution >= 0.6 is 11.3 Å². The Labute approximate surface area is 110 Å². The van der Waals surface area contributed by atoms with Gasteiger partial charge < -0.3 is 15.2 Å². The molecule has 0 amide bonds. The Morgan fingerprint density at radius 3 is 2.61 bits per heavy atom. The van der Waals surface area contributed by atoms with Gasteiger partial charge in [-0.3, -0.25) is 0 Å². The quantitative estimate of drug-likeness (QED) is 0.871. The number of nitrogens with zero attached hydrogens (tertiary/aromatic N) is 1. The van der Waals surface area contributed by atoms with E-state index in [9.17, 15) is 5.11 Å². The van der Waals surface area contributed by atoms with E-state index in [2.05, 4.69) is 10.3 Å². The molecule has 96 valence electrons. The van der Waals surface area contributed by atoms with Crippen LogP contribution in [0.1, 0.15) is 16.7 Å². The number of aromatic nitrogens is 1. The minimum absolute atomic E-state index is 0.00913. The van der Waals surface area contributed by atoms with Gasteiger partial charge in [0.2, 0.25) is 0 Å². The molecule has 0 bridgehead atoms. The molecule has 0 aliphatic rings. The van der Waals surface area contributed by atoms with E-state index in [4.69, 9.17) is 4.74 Å². The average molecular weight is 264 g/mol. The number of ether oxygens (including phenoxy) is 1. The van der Waals surface area contributed by atoms with Crippen LogP contribution in [0.4, 0.5) is 5.69 Å². The first-order valence-electron chi connectivity index (χ1n) is 5.66. The van der Waals surface area contributed by atoms with Crippen LogP contribution < -0.4 is 10.1 Å². The summed E-state index contributed by atoms with van der Waals surface area (Å²) >= 11 is 1.58. The molecule has 0 saturated heterocycles. The number of aliphatic hydroxyl groups excluding tert-OH is 1. The van der Waals surface area contributed by atoms with E-state index < -0.39 is 0 Å². The molecule has 18 heavy (non-hydrogen) atoms. The Morgan fingerprint density at radius 1 is 1.39 bits per heavy atom. The normalized spacial score (nSPS) is 12.2. The van der Waals surface area contributed by atoms with Gasteiger partial charge >= 0.3 is 0 Å². The highest BCUT2D eigenvalue weighted by molar-refractivity contribution is 7.09. The molecule has 2 rings (SSSR count). The Balaban J connectivity index is 2.10. The molecule has 5 heteroatoms. The molecule has 0 fully saturated rings. The third kappa shape index (κ3) is 3.00. The Hall–Kier alpha value is -1.59. The standard InChI is InChI=1S/C13H16N2O2S/c1-9-14-13(8-18-9)12(7-16)15-10-3-5-11(17-2)6-4-10/h3-6,8,12,15-16H,7H2,1-2H3. The van der Waals surface area contributed by atoms with E-state index >= 15 is 0 Å². The number of hydrogen-bond acceptors (Lipinski definition) is 5. The largest absolute Gasteiger partial charge is 0.497 e. The fourth-order valence-corrected chi connectivity index (χ4v) is 2.31. The van der Waals surface area contributed by atoms with Gasteiger partial charge in [-0.05, 0) is 31.2 Å². The summed E-state index contributed by atoms with van der Waals surface area (Å²) < 4.78 is 5.10. The Morgan fingerprint density at radius 2 is 2.11 bits per heavy atom. The topological polar surface area (TPSA) is 54.4 Å². The molecule has 0 aliphatic carbocycles. The second-order valence-corrected chi connectivity index (χ2v) is 4.96. The smallest absolute Gasteiger partial charge is 0.119 e. The molecule has 0 radical (unpaired) electrons. The van der Waals surface area contributed by atoms with E-state index in [-0.39, 0.29) is 12.6 Å². The van der Waals surface area contributed by atoms with Gasteiger partial charge in [-0.15, -0.1) is 11.3 Å². The van der Waals surface area contributed by atoms with Crippen molar-refractivity contribution in [2.24, 2.45) is 0 Å². The summed E-state index contributed by atoms with van der Waals surface area (Å²) in [6.07, 6.45) is 0. The minimum atomic E-state index is -0.177. The van der Waals surface area contributed by atoms with E-state index in [1.807, 2.05) is 36.6 Å². The lowest BCUT2D eigenvalue weighted by molar-refractivity contribution is 0.274. The maximum absolute atomic E-state index is 9.43. The van der Waals surface area contributed by atoms with Gasteiger partial charge in [0, 0.05) is 11.1 Å². The van der Waals surface area contributed by atoms with Crippen molar-refractivity contribution < 1.29 is 9.84 Å². The molecule has 1 aromatic heterocycles. The van der Waals surface area contributed by atoms with Gasteiger partial charge in [-0.25, -0.2) is 4.98 Å². The molecular weight excluding hydrogens is 248 g/mol. The lowest BCUT2D eigenvalue weighted by Gasteiger charge is -2.15. The summed E-state index contributed by atoms with van der Waals surface area (Å²) in [6.45, 7) is 1.96. The van der Waals surface area contributed by atoms with Crippen molar-refractivity contribution in [1.82, 2.24) is 4.98 Å². The van der Waals surface area contributed by atoms with Gasteiger partial charge in [-0.1, -0.05) is 0 Å². The monoisotopic (exact) mass is 264 g/mol. The first kappa shape index (κ1) is 12.9. The number of thiazole rings is 1. The maximum atomic E-state index is 9.43. The molecule has 0 spiro atoms. The van der Waals surface area contributed by atoms with Crippen LogP contribution in [-0.2, 0) is 0 Å². The van der Waals surface area contributed by atoms with Crippen LogP contribution in [0.25, 0.3) is 0 Å². The van der Waals surface area contributed by atoms with Gasteiger partial charge in [0.1, 0.15) is 5.75 Å². The van der Waals surface area contributed by atoms with E-state index in [1.54, 1.807) is 18.4 Å². The molecule has 4 nitrogen and oxygen atoms in total. The molecule has 1 unspecified atom stereocenters. The van der Waals surface area contributed by atoms with Gasteiger partial charge in [-0.2, -0.15) is 0 Å². The number of nitrogens with one attached hydrogen (secondary N) is 1. The highest BCUT2D eigenvalue weighted by Gasteiger charge is 2.13. The SMILES string of the molecule is COc1ccc(NC(CO)c2csc(C)n2)cc1. The van der Waals surface area contributed by atoms with Crippen LogP contribution in [0.5, 0.6) is 5.75 Å². The van der Waals surface area contributed by atoms with Crippen LogP contribution in [0, 0.1) is 6.92 Å². The molecule has 1 heterocycles. The van der Waals surface area contributed by atoms with Gasteiger partial charge in [0.25, 0.3) is 0 Å². The summed E-state index contributed by atoms with van der Waals surface area (Å²) in [5.74, 6) is 0.811. The van der Waals surface area contributed by atoms with Crippen LogP contribution in [0.2, 0.25) is 0 Å². The molecular formula is C13H16N2O2S. The summed E-state index contributed by atoms with van der Waals surface area (Å²) in [4.78, 5) is 4.38. The average Bonchev–Trinajstić information content (AvgIpc) is 2.83. The zero-order valence-electron chi connectivity index (χ0n) is 10.4. The molecule has 2 aromatic rings. The lowest BCUT2D eigenvalue weighted by Crippen LogP contribution is -2.15. The third-order valence-electron chi connectivity index (χ3n) is 2.61. The van der Waals surface area contributed by atoms with Crippen molar-refractivity contribution in [2.45, 2.75) is 13.0 Å². The van der Waals surface area contributed by atoms with E-state index in [0.717, 1.165) is 22.1 Å². The fourth-order valence-electron chi connectivity index (χ4n) is 1.64. The molecule has 1 aromatic carbocycles. The summed E-state index contributed by atoms with van der Waals surface area (Å²) in [7, 11) is 1.64. The Kier molecular flexibility index (Phi) is 4.17. The van der Waals surface area contributed by atoms with Crippen molar-refractivity contribution in [3.05, 3.63) is 40.3 Å². The number of anilines is 1. The molecule has 0 saturated carbocycles. The van der Waals surface area contributed by atoms with Crippen LogP contribution in [0.3, 0.4) is 0 Å². The first-order valence-corrected chi connectivity index (χ1v) is 6.54. The number of benzene rings is 1. The number of aryl methyl sites for hydroxylation is 1. The predicted octanol–water partition coefficient (Wildman–Crippen LogP) is 2.61. The van der Waals surface area contributed by atoms with E-state index in [0.29, 0.717) is 0 Å². The molecule has 0 aliphatic heterocycles. The van der Waals surface area contributed by atoms with Crippen molar-refractivity contribution in [3.8, 4) is 5.75 Å². The third-order valence-corrected chi connectivity index (χ3v) is 3.40. The summed E-state index contributed by atoms with van der Waals surface area (Å²) in [5.41, 5.74) is 1.80. The van der Waals surface area contributed by atoms with Crippen LogP contribution in [-0.4, -0.2) is 23.8 Å². The second-order valence-electron chi connectivity index (χ2n) is 3.90. The maximum Gasteiger partial charge on any atom is 0.119 e. The summed E-state index contributed by atoms with van der Waals surface area (Å²) in [6, 6.07) is 7.41. The molecule has 2 N–H and O–H groups in total. The number of methoxy groups -OCH3 is 1. The van der Waals surface area contributed by atoms with Crippen molar-refractivity contribution in [1.29, 1.82) is 0 Å². The molecule has 1 atom stereocenters. The number of rotatable bonds is 5. The van der Waals surface area contributed by atoms with Crippen molar-refractivity contribution in [2.75, 3.05) is 19.0 Å². The van der Waals surface area contributed by atoms with Crippen LogP contribution in [0.15, 0.2) is 29.6 Å². The Bertz CT molecular complexity index is 496. The second kappa shape index (κ2) is 5.84. The minimum Gasteiger partial charge on any atom is -0.497 e. The number of aliphatic hydroxyl groups is 1. The fraction of sp³-hybridized carbons (Fsp3) is 0.308. The highest BCUT2D eigenvalue weighted by Crippen LogP contribution is 2.22. The number of hydrogen-bond donors (Lipinski definition) is 2. The van der Waals surface area contributed by atoms with Crippen molar-refractivity contribution in [3.63, 3.8) is 0 Å². The zero-order valence-corrected chi connectivity index (χ0v) is 11.2. The van der Waals surface area contributed by atoms with Gasteiger partial charge in [0.15, 0.2) is 0 Å². The van der Waals surface area contributed by atoms with Crippen molar-refractivity contribution >= 4 is 17.0 Å². The highest BCUT2D eigenvalue weighted by atomic mass is 32.1. The first-order chi connectivity index (χ1) is 8.72.